The second-order valence-corrected chi connectivity index (χ2v) is 2.21. The topological polar surface area (TPSA) is 30.9 Å². The first-order chi connectivity index (χ1) is 4.34. The van der Waals surface area contributed by atoms with Gasteiger partial charge in [0.25, 0.3) is 0 Å². The Morgan fingerprint density at radius 2 is 2.00 bits per heavy atom. The molecular weight excluding hydrogens is 112 g/mol. The van der Waals surface area contributed by atoms with Crippen LogP contribution in [-0.4, -0.2) is 11.1 Å². The second-order valence-electron chi connectivity index (χ2n) is 2.21. The molecule has 0 aliphatic heterocycles. The first-order valence-corrected chi connectivity index (χ1v) is 3.17. The number of nitrogens with zero attached hydrogens (tertiary/aromatic N) is 1. The van der Waals surface area contributed by atoms with Crippen LogP contribution in [0.25, 0.3) is 0 Å². The van der Waals surface area contributed by atoms with Crippen LogP contribution in [-0.2, 0) is 0 Å². The summed E-state index contributed by atoms with van der Waals surface area (Å²) in [6.07, 6.45) is 4.05. The lowest BCUT2D eigenvalue weighted by Crippen LogP contribution is -2.14. The normalized spacial score (nSPS) is 13.6. The Kier molecular flexibility index (Phi) is 1.90. The van der Waals surface area contributed by atoms with Crippen LogP contribution in [0.2, 0.25) is 0 Å². The molecular formula is C7H12N2. The average molecular weight is 124 g/mol. The van der Waals surface area contributed by atoms with Crippen molar-refractivity contribution < 1.29 is 0 Å². The van der Waals surface area contributed by atoms with Crippen molar-refractivity contribution in [2.24, 2.45) is 5.73 Å². The fraction of sp³-hybridized carbons (Fsp3) is 0.429. The van der Waals surface area contributed by atoms with Crippen LogP contribution in [0, 0.1) is 0 Å². The number of hydrogen-bond acceptors (Lipinski definition) is 1. The van der Waals surface area contributed by atoms with Gasteiger partial charge in [-0.05, 0) is 19.1 Å². The van der Waals surface area contributed by atoms with Crippen molar-refractivity contribution in [2.75, 3.05) is 6.54 Å². The van der Waals surface area contributed by atoms with Crippen molar-refractivity contribution in [1.82, 2.24) is 4.57 Å². The SMILES string of the molecule is C[C@H](CN)n1cccc1. The fourth-order valence-corrected chi connectivity index (χ4v) is 0.763. The Labute approximate surface area is 55.3 Å². The highest BCUT2D eigenvalue weighted by molar-refractivity contribution is 4.92. The van der Waals surface area contributed by atoms with E-state index in [-0.39, 0.29) is 0 Å². The summed E-state index contributed by atoms with van der Waals surface area (Å²) in [6, 6.07) is 4.44. The van der Waals surface area contributed by atoms with Crippen LogP contribution in [0.3, 0.4) is 0 Å². The Balaban J connectivity index is 2.65. The van der Waals surface area contributed by atoms with Gasteiger partial charge in [-0.1, -0.05) is 0 Å². The second kappa shape index (κ2) is 2.69. The van der Waals surface area contributed by atoms with E-state index in [1.165, 1.54) is 0 Å². The predicted molar refractivity (Wildman–Crippen MR) is 38.2 cm³/mol. The van der Waals surface area contributed by atoms with Gasteiger partial charge < -0.3 is 10.3 Å². The lowest BCUT2D eigenvalue weighted by Gasteiger charge is -2.08. The molecule has 0 aromatic carbocycles. The van der Waals surface area contributed by atoms with E-state index < -0.39 is 0 Å². The lowest BCUT2D eigenvalue weighted by molar-refractivity contribution is 0.561. The molecule has 1 heterocycles. The standard InChI is InChI=1S/C7H12N2/c1-7(6-8)9-4-2-3-5-9/h2-5,7H,6,8H2,1H3/t7-/m1/s1. The first kappa shape index (κ1) is 6.36. The van der Waals surface area contributed by atoms with Gasteiger partial charge in [0.15, 0.2) is 0 Å². The van der Waals surface area contributed by atoms with E-state index >= 15 is 0 Å². The Morgan fingerprint density at radius 1 is 1.44 bits per heavy atom. The molecule has 2 heteroatoms. The minimum atomic E-state index is 0.431. The molecule has 2 N–H and O–H groups in total. The van der Waals surface area contributed by atoms with E-state index in [0.717, 1.165) is 0 Å². The maximum Gasteiger partial charge on any atom is 0.0424 e. The van der Waals surface area contributed by atoms with Gasteiger partial charge in [0.1, 0.15) is 0 Å². The highest BCUT2D eigenvalue weighted by atomic mass is 15.0. The summed E-state index contributed by atoms with van der Waals surface area (Å²) in [5.41, 5.74) is 5.44. The van der Waals surface area contributed by atoms with Crippen LogP contribution in [0.15, 0.2) is 24.5 Å². The summed E-state index contributed by atoms with van der Waals surface area (Å²) < 4.78 is 2.10. The van der Waals surface area contributed by atoms with Crippen molar-refractivity contribution in [2.45, 2.75) is 13.0 Å². The van der Waals surface area contributed by atoms with E-state index in [4.69, 9.17) is 5.73 Å². The zero-order valence-corrected chi connectivity index (χ0v) is 5.62. The van der Waals surface area contributed by atoms with Gasteiger partial charge in [-0.2, -0.15) is 0 Å². The average Bonchev–Trinajstić information content (AvgIpc) is 2.37. The molecule has 50 valence electrons. The third-order valence-electron chi connectivity index (χ3n) is 1.48. The van der Waals surface area contributed by atoms with E-state index in [1.807, 2.05) is 24.5 Å². The van der Waals surface area contributed by atoms with Gasteiger partial charge in [-0.25, -0.2) is 0 Å². The largest absolute Gasteiger partial charge is 0.350 e. The van der Waals surface area contributed by atoms with Crippen molar-refractivity contribution >= 4 is 0 Å². The number of nitrogens with two attached hydrogens (primary N) is 1. The zero-order chi connectivity index (χ0) is 6.69. The molecule has 1 atom stereocenters. The van der Waals surface area contributed by atoms with Gasteiger partial charge in [0.05, 0.1) is 0 Å². The maximum absolute atomic E-state index is 5.44. The fourth-order valence-electron chi connectivity index (χ4n) is 0.763. The zero-order valence-electron chi connectivity index (χ0n) is 5.62. The Morgan fingerprint density at radius 3 is 2.44 bits per heavy atom. The van der Waals surface area contributed by atoms with Crippen molar-refractivity contribution in [3.63, 3.8) is 0 Å². The Bertz CT molecular complexity index is 155. The third-order valence-corrected chi connectivity index (χ3v) is 1.48. The summed E-state index contributed by atoms with van der Waals surface area (Å²) in [6.45, 7) is 2.80. The van der Waals surface area contributed by atoms with Gasteiger partial charge in [-0.15, -0.1) is 0 Å². The smallest absolute Gasteiger partial charge is 0.0424 e. The highest BCUT2D eigenvalue weighted by Crippen LogP contribution is 2.01. The van der Waals surface area contributed by atoms with Gasteiger partial charge in [0, 0.05) is 25.0 Å². The quantitative estimate of drug-likeness (QED) is 0.626. The van der Waals surface area contributed by atoms with Gasteiger partial charge in [0.2, 0.25) is 0 Å². The molecule has 0 aliphatic carbocycles. The number of rotatable bonds is 2. The molecule has 1 aromatic heterocycles. The molecule has 1 aromatic rings. The summed E-state index contributed by atoms with van der Waals surface area (Å²) >= 11 is 0. The molecule has 0 saturated carbocycles. The first-order valence-electron chi connectivity index (χ1n) is 3.17. The highest BCUT2D eigenvalue weighted by Gasteiger charge is 1.96. The molecule has 0 fully saturated rings. The summed E-state index contributed by atoms with van der Waals surface area (Å²) in [7, 11) is 0. The lowest BCUT2D eigenvalue weighted by atomic mass is 10.3. The van der Waals surface area contributed by atoms with E-state index in [2.05, 4.69) is 11.5 Å². The molecule has 0 amide bonds. The molecule has 0 bridgehead atoms. The molecule has 0 unspecified atom stereocenters. The van der Waals surface area contributed by atoms with Crippen LogP contribution in [0.1, 0.15) is 13.0 Å². The van der Waals surface area contributed by atoms with Crippen LogP contribution in [0.5, 0.6) is 0 Å². The van der Waals surface area contributed by atoms with Gasteiger partial charge >= 0.3 is 0 Å². The van der Waals surface area contributed by atoms with Crippen LogP contribution in [0.4, 0.5) is 0 Å². The van der Waals surface area contributed by atoms with E-state index in [9.17, 15) is 0 Å². The summed E-state index contributed by atoms with van der Waals surface area (Å²) in [4.78, 5) is 0. The van der Waals surface area contributed by atoms with Gasteiger partial charge in [-0.3, -0.25) is 0 Å². The number of aromatic nitrogens is 1. The molecule has 0 saturated heterocycles. The molecule has 2 nitrogen and oxygen atoms in total. The summed E-state index contributed by atoms with van der Waals surface area (Å²) in [5.74, 6) is 0. The van der Waals surface area contributed by atoms with Crippen molar-refractivity contribution in [1.29, 1.82) is 0 Å². The molecule has 1 rings (SSSR count). The van der Waals surface area contributed by atoms with Crippen LogP contribution < -0.4 is 5.73 Å². The predicted octanol–water partition coefficient (Wildman–Crippen LogP) is 1.01. The van der Waals surface area contributed by atoms with Crippen molar-refractivity contribution in [3.05, 3.63) is 24.5 Å². The Hall–Kier alpha value is -0.760. The molecule has 0 aliphatic rings. The molecule has 0 spiro atoms. The number of hydrogen-bond donors (Lipinski definition) is 1. The minimum absolute atomic E-state index is 0.431. The minimum Gasteiger partial charge on any atom is -0.350 e. The van der Waals surface area contributed by atoms with Crippen molar-refractivity contribution in [3.8, 4) is 0 Å². The monoisotopic (exact) mass is 124 g/mol. The molecule has 9 heavy (non-hydrogen) atoms. The third kappa shape index (κ3) is 1.33. The van der Waals surface area contributed by atoms with E-state index in [1.54, 1.807) is 0 Å². The molecule has 0 radical (unpaired) electrons. The maximum atomic E-state index is 5.44. The van der Waals surface area contributed by atoms with Crippen LogP contribution >= 0.6 is 0 Å². The van der Waals surface area contributed by atoms with E-state index in [0.29, 0.717) is 12.6 Å². The summed E-state index contributed by atoms with van der Waals surface area (Å²) in [5, 5.41) is 0.